The number of rotatable bonds is 6. The number of hydrogen-bond donors (Lipinski definition) is 1. The van der Waals surface area contributed by atoms with E-state index in [0.717, 1.165) is 11.1 Å². The number of fused-ring (bicyclic) bond motifs is 1. The minimum atomic E-state index is -3.68. The lowest BCUT2D eigenvalue weighted by atomic mass is 10.1. The second kappa shape index (κ2) is 7.44. The summed E-state index contributed by atoms with van der Waals surface area (Å²) in [5.74, 6) is 0. The van der Waals surface area contributed by atoms with Gasteiger partial charge in [-0.3, -0.25) is 9.36 Å². The molecule has 1 aromatic carbocycles. The lowest BCUT2D eigenvalue weighted by molar-refractivity contribution is 0.229. The van der Waals surface area contributed by atoms with Crippen LogP contribution in [0.4, 0.5) is 0 Å². The maximum absolute atomic E-state index is 13.0. The van der Waals surface area contributed by atoms with E-state index in [4.69, 9.17) is 20.6 Å². The zero-order valence-electron chi connectivity index (χ0n) is 13.7. The zero-order chi connectivity index (χ0) is 18.0. The SMILES string of the molecule is CCOP(=O)(OCC)c1cc2cc(-c3ccsc3)c(Cl)cc2[nH]c1=O. The van der Waals surface area contributed by atoms with Gasteiger partial charge in [0.25, 0.3) is 5.56 Å². The van der Waals surface area contributed by atoms with Crippen LogP contribution in [0.5, 0.6) is 0 Å². The van der Waals surface area contributed by atoms with Crippen LogP contribution in [0.15, 0.2) is 39.8 Å². The Hall–Kier alpha value is -1.43. The van der Waals surface area contributed by atoms with Crippen LogP contribution in [0, 0.1) is 0 Å². The second-order valence-corrected chi connectivity index (χ2v) is 8.43. The molecule has 0 saturated heterocycles. The standard InChI is InChI=1S/C17H17ClNO4PS/c1-3-22-24(21,23-4-2)16-8-12-7-13(11-5-6-25-10-11)14(18)9-15(12)19-17(16)20/h5-10H,3-4H2,1-2H3,(H,19,20). The van der Waals surface area contributed by atoms with E-state index in [2.05, 4.69) is 4.98 Å². The van der Waals surface area contributed by atoms with Crippen molar-refractivity contribution >= 4 is 46.7 Å². The van der Waals surface area contributed by atoms with Crippen LogP contribution in [0.1, 0.15) is 13.8 Å². The van der Waals surface area contributed by atoms with Crippen LogP contribution < -0.4 is 10.9 Å². The van der Waals surface area contributed by atoms with Gasteiger partial charge in [0, 0.05) is 11.1 Å². The van der Waals surface area contributed by atoms with Gasteiger partial charge in [-0.2, -0.15) is 11.3 Å². The maximum Gasteiger partial charge on any atom is 0.366 e. The Morgan fingerprint density at radius 1 is 1.20 bits per heavy atom. The molecule has 25 heavy (non-hydrogen) atoms. The van der Waals surface area contributed by atoms with Gasteiger partial charge >= 0.3 is 7.60 Å². The third-order valence-corrected chi connectivity index (χ3v) is 6.75. The minimum Gasteiger partial charge on any atom is -0.321 e. The van der Waals surface area contributed by atoms with E-state index in [1.807, 2.05) is 22.9 Å². The summed E-state index contributed by atoms with van der Waals surface area (Å²) in [6, 6.07) is 7.09. The van der Waals surface area contributed by atoms with Crippen molar-refractivity contribution < 1.29 is 13.6 Å². The molecule has 2 aromatic heterocycles. The molecule has 0 saturated carbocycles. The molecule has 1 N–H and O–H groups in total. The fraction of sp³-hybridized carbons (Fsp3) is 0.235. The molecule has 0 aliphatic heterocycles. The van der Waals surface area contributed by atoms with Crippen molar-refractivity contribution in [3.63, 3.8) is 0 Å². The summed E-state index contributed by atoms with van der Waals surface area (Å²) < 4.78 is 23.6. The van der Waals surface area contributed by atoms with Crippen molar-refractivity contribution in [3.05, 3.63) is 50.4 Å². The number of H-pyrrole nitrogens is 1. The van der Waals surface area contributed by atoms with Crippen LogP contribution in [0.2, 0.25) is 5.02 Å². The Kier molecular flexibility index (Phi) is 5.46. The fourth-order valence-electron chi connectivity index (χ4n) is 2.58. The van der Waals surface area contributed by atoms with Crippen LogP contribution in [0.25, 0.3) is 22.0 Å². The first-order valence-electron chi connectivity index (χ1n) is 7.77. The molecule has 8 heteroatoms. The highest BCUT2D eigenvalue weighted by Crippen LogP contribution is 2.46. The molecule has 3 rings (SSSR count). The number of hydrogen-bond acceptors (Lipinski definition) is 5. The summed E-state index contributed by atoms with van der Waals surface area (Å²) in [5, 5.41) is 5.20. The summed E-state index contributed by atoms with van der Waals surface area (Å²) in [4.78, 5) is 15.1. The average molecular weight is 398 g/mol. The first kappa shape index (κ1) is 18.4. The van der Waals surface area contributed by atoms with Crippen molar-refractivity contribution in [1.82, 2.24) is 4.98 Å². The van der Waals surface area contributed by atoms with Gasteiger partial charge < -0.3 is 14.0 Å². The molecule has 0 aliphatic rings. The van der Waals surface area contributed by atoms with E-state index in [1.165, 1.54) is 0 Å². The quantitative estimate of drug-likeness (QED) is 0.606. The third-order valence-electron chi connectivity index (χ3n) is 3.64. The molecular weight excluding hydrogens is 381 g/mol. The van der Waals surface area contributed by atoms with E-state index < -0.39 is 13.2 Å². The number of benzene rings is 1. The highest BCUT2D eigenvalue weighted by molar-refractivity contribution is 7.62. The van der Waals surface area contributed by atoms with E-state index >= 15 is 0 Å². The Morgan fingerprint density at radius 3 is 2.52 bits per heavy atom. The first-order chi connectivity index (χ1) is 12.0. The normalized spacial score (nSPS) is 12.0. The van der Waals surface area contributed by atoms with E-state index in [1.54, 1.807) is 37.3 Å². The van der Waals surface area contributed by atoms with Gasteiger partial charge in [-0.25, -0.2) is 0 Å². The predicted molar refractivity (Wildman–Crippen MR) is 103 cm³/mol. The Balaban J connectivity index is 2.22. The van der Waals surface area contributed by atoms with Crippen LogP contribution in [-0.2, 0) is 13.6 Å². The van der Waals surface area contributed by atoms with Crippen molar-refractivity contribution in [2.45, 2.75) is 13.8 Å². The van der Waals surface area contributed by atoms with Gasteiger partial charge in [-0.1, -0.05) is 11.6 Å². The molecule has 0 unspecified atom stereocenters. The van der Waals surface area contributed by atoms with Crippen molar-refractivity contribution in [1.29, 1.82) is 0 Å². The highest BCUT2D eigenvalue weighted by Gasteiger charge is 2.30. The van der Waals surface area contributed by atoms with Gasteiger partial charge in [0.05, 0.1) is 18.2 Å². The van der Waals surface area contributed by atoms with Gasteiger partial charge in [0.2, 0.25) is 0 Å². The molecule has 5 nitrogen and oxygen atoms in total. The predicted octanol–water partition coefficient (Wildman–Crippen LogP) is 4.80. The zero-order valence-corrected chi connectivity index (χ0v) is 16.2. The monoisotopic (exact) mass is 397 g/mol. The van der Waals surface area contributed by atoms with E-state index in [9.17, 15) is 9.36 Å². The molecular formula is C17H17ClNO4PS. The summed E-state index contributed by atoms with van der Waals surface area (Å²) in [5.41, 5.74) is 1.90. The van der Waals surface area contributed by atoms with Crippen molar-refractivity contribution in [2.24, 2.45) is 0 Å². The second-order valence-electron chi connectivity index (χ2n) is 5.25. The molecule has 0 amide bonds. The molecule has 132 valence electrons. The largest absolute Gasteiger partial charge is 0.366 e. The number of aromatic amines is 1. The number of aromatic nitrogens is 1. The molecule has 0 radical (unpaired) electrons. The number of nitrogens with one attached hydrogen (secondary N) is 1. The minimum absolute atomic E-state index is 0.00212. The Labute approximate surface area is 154 Å². The third kappa shape index (κ3) is 3.59. The van der Waals surface area contributed by atoms with Gasteiger partial charge in [0.15, 0.2) is 0 Å². The highest BCUT2D eigenvalue weighted by atomic mass is 35.5. The first-order valence-corrected chi connectivity index (χ1v) is 10.6. The summed E-state index contributed by atoms with van der Waals surface area (Å²) in [6.45, 7) is 3.76. The van der Waals surface area contributed by atoms with E-state index in [-0.39, 0.29) is 18.5 Å². The molecule has 0 aliphatic carbocycles. The summed E-state index contributed by atoms with van der Waals surface area (Å²) in [6.07, 6.45) is 0. The molecule has 0 fully saturated rings. The Morgan fingerprint density at radius 2 is 1.92 bits per heavy atom. The van der Waals surface area contributed by atoms with Crippen molar-refractivity contribution in [2.75, 3.05) is 13.2 Å². The van der Waals surface area contributed by atoms with Gasteiger partial charge in [0.1, 0.15) is 5.30 Å². The van der Waals surface area contributed by atoms with Crippen molar-refractivity contribution in [3.8, 4) is 11.1 Å². The van der Waals surface area contributed by atoms with Crippen LogP contribution in [-0.4, -0.2) is 18.2 Å². The lowest BCUT2D eigenvalue weighted by Crippen LogP contribution is -2.29. The number of thiophene rings is 1. The molecule has 0 bridgehead atoms. The number of halogens is 1. The van der Waals surface area contributed by atoms with Gasteiger partial charge in [-0.05, 0) is 59.8 Å². The topological polar surface area (TPSA) is 68.4 Å². The number of pyridine rings is 1. The van der Waals surface area contributed by atoms with E-state index in [0.29, 0.717) is 15.9 Å². The van der Waals surface area contributed by atoms with Crippen LogP contribution in [0.3, 0.4) is 0 Å². The van der Waals surface area contributed by atoms with Crippen LogP contribution >= 0.6 is 30.5 Å². The average Bonchev–Trinajstić information content (AvgIpc) is 3.08. The molecule has 3 aromatic rings. The smallest absolute Gasteiger partial charge is 0.321 e. The fourth-order valence-corrected chi connectivity index (χ4v) is 5.14. The maximum atomic E-state index is 13.0. The van der Waals surface area contributed by atoms with Gasteiger partial charge in [-0.15, -0.1) is 0 Å². The Bertz CT molecular complexity index is 990. The molecule has 0 atom stereocenters. The molecule has 0 spiro atoms. The molecule has 2 heterocycles. The summed E-state index contributed by atoms with van der Waals surface area (Å²) >= 11 is 7.93. The lowest BCUT2D eigenvalue weighted by Gasteiger charge is -2.17. The summed E-state index contributed by atoms with van der Waals surface area (Å²) in [7, 11) is -3.68.